The molecule has 0 aliphatic carbocycles. The third-order valence-electron chi connectivity index (χ3n) is 5.50. The van der Waals surface area contributed by atoms with Crippen molar-refractivity contribution < 1.29 is 14.4 Å². The van der Waals surface area contributed by atoms with Crippen LogP contribution in [-0.4, -0.2) is 53.3 Å². The maximum atomic E-state index is 13.4. The predicted octanol–water partition coefficient (Wildman–Crippen LogP) is 2.50. The average molecular weight is 411 g/mol. The van der Waals surface area contributed by atoms with Crippen LogP contribution in [0.25, 0.3) is 0 Å². The van der Waals surface area contributed by atoms with E-state index < -0.39 is 12.1 Å². The molecule has 2 N–H and O–H groups in total. The van der Waals surface area contributed by atoms with Gasteiger partial charge >= 0.3 is 6.03 Å². The Morgan fingerprint density at radius 3 is 2.53 bits per heavy atom. The second-order valence-corrected chi connectivity index (χ2v) is 8.30. The van der Waals surface area contributed by atoms with Crippen molar-refractivity contribution in [1.82, 2.24) is 20.4 Å². The molecule has 0 radical (unpaired) electrons. The number of benzene rings is 1. The van der Waals surface area contributed by atoms with Crippen LogP contribution < -0.4 is 10.6 Å². The van der Waals surface area contributed by atoms with Crippen molar-refractivity contribution in [3.63, 3.8) is 0 Å². The van der Waals surface area contributed by atoms with Crippen LogP contribution in [0, 0.1) is 12.8 Å². The summed E-state index contributed by atoms with van der Waals surface area (Å²) >= 11 is 0. The highest BCUT2D eigenvalue weighted by atomic mass is 16.2. The van der Waals surface area contributed by atoms with E-state index in [9.17, 15) is 14.4 Å². The molecule has 7 nitrogen and oxygen atoms in total. The minimum Gasteiger partial charge on any atom is -0.354 e. The summed E-state index contributed by atoms with van der Waals surface area (Å²) in [6.45, 7) is 12.5. The first-order valence-electron chi connectivity index (χ1n) is 10.3. The smallest absolute Gasteiger partial charge is 0.322 e. The summed E-state index contributed by atoms with van der Waals surface area (Å²) in [4.78, 5) is 41.9. The number of amides is 4. The molecule has 2 aliphatic heterocycles. The summed E-state index contributed by atoms with van der Waals surface area (Å²) in [7, 11) is 0. The van der Waals surface area contributed by atoms with Crippen LogP contribution in [0.4, 0.5) is 4.79 Å². The highest BCUT2D eigenvalue weighted by molar-refractivity contribution is 6.03. The second-order valence-electron chi connectivity index (χ2n) is 8.30. The molecule has 0 bridgehead atoms. The number of carbonyl (C=O) groups excluding carboxylic acids is 3. The fourth-order valence-electron chi connectivity index (χ4n) is 3.75. The summed E-state index contributed by atoms with van der Waals surface area (Å²) in [6, 6.07) is 6.30. The lowest BCUT2D eigenvalue weighted by molar-refractivity contribution is -0.135. The molecule has 0 unspecified atom stereocenters. The number of nitrogens with one attached hydrogen (secondary N) is 2. The molecule has 3 rings (SSSR count). The lowest BCUT2D eigenvalue weighted by atomic mass is 9.95. The van der Waals surface area contributed by atoms with E-state index in [1.165, 1.54) is 9.80 Å². The largest absolute Gasteiger partial charge is 0.354 e. The van der Waals surface area contributed by atoms with Gasteiger partial charge in [0.15, 0.2) is 0 Å². The number of urea groups is 1. The van der Waals surface area contributed by atoms with E-state index in [-0.39, 0.29) is 24.4 Å². The van der Waals surface area contributed by atoms with Gasteiger partial charge in [0.2, 0.25) is 5.91 Å². The Hall–Kier alpha value is -3.09. The van der Waals surface area contributed by atoms with Gasteiger partial charge in [-0.1, -0.05) is 49.8 Å². The number of rotatable bonds is 7. The minimum atomic E-state index is -0.638. The lowest BCUT2D eigenvalue weighted by Gasteiger charge is -2.33. The Morgan fingerprint density at radius 1 is 1.27 bits per heavy atom. The molecule has 30 heavy (non-hydrogen) atoms. The molecule has 2 heterocycles. The third-order valence-corrected chi connectivity index (χ3v) is 5.50. The van der Waals surface area contributed by atoms with Gasteiger partial charge in [0, 0.05) is 13.1 Å². The van der Waals surface area contributed by atoms with E-state index in [2.05, 4.69) is 17.2 Å². The topological polar surface area (TPSA) is 81.8 Å². The second kappa shape index (κ2) is 8.73. The fourth-order valence-corrected chi connectivity index (χ4v) is 3.75. The molecule has 2 atom stereocenters. The molecule has 0 saturated carbocycles. The van der Waals surface area contributed by atoms with Crippen LogP contribution in [0.2, 0.25) is 0 Å². The summed E-state index contributed by atoms with van der Waals surface area (Å²) in [6.07, 6.45) is 1.63. The van der Waals surface area contributed by atoms with Gasteiger partial charge in [-0.05, 0) is 25.3 Å². The van der Waals surface area contributed by atoms with Crippen LogP contribution in [0.15, 0.2) is 48.2 Å². The Bertz CT molecular complexity index is 888. The molecule has 0 fully saturated rings. The van der Waals surface area contributed by atoms with E-state index in [1.807, 2.05) is 45.0 Å². The zero-order valence-electron chi connectivity index (χ0n) is 18.1. The number of hydrogen-bond acceptors (Lipinski definition) is 3. The van der Waals surface area contributed by atoms with E-state index in [0.29, 0.717) is 30.3 Å². The van der Waals surface area contributed by atoms with Gasteiger partial charge in [0.25, 0.3) is 5.91 Å². The standard InChI is InChI=1S/C23H30N4O3/c1-6-11-26-18-13-27(16(5)21(28)24-12-14(2)3)22(29)19(18)20(25-23(26)30)17-9-7-15(4)8-10-17/h6-10,14,16,20H,1,11-13H2,2-5H3,(H,24,28)(H,25,30)/t16-,20-/m0/s1. The van der Waals surface area contributed by atoms with Crippen molar-refractivity contribution in [2.75, 3.05) is 19.6 Å². The molecule has 2 aliphatic rings. The van der Waals surface area contributed by atoms with E-state index >= 15 is 0 Å². The Morgan fingerprint density at radius 2 is 1.93 bits per heavy atom. The van der Waals surface area contributed by atoms with Crippen LogP contribution in [-0.2, 0) is 9.59 Å². The van der Waals surface area contributed by atoms with Crippen molar-refractivity contribution in [3.8, 4) is 0 Å². The van der Waals surface area contributed by atoms with Crippen molar-refractivity contribution in [2.24, 2.45) is 5.92 Å². The van der Waals surface area contributed by atoms with Gasteiger partial charge in [0.05, 0.1) is 23.9 Å². The normalized spacial score (nSPS) is 19.7. The number of hydrogen-bond donors (Lipinski definition) is 2. The van der Waals surface area contributed by atoms with Gasteiger partial charge in [-0.15, -0.1) is 6.58 Å². The van der Waals surface area contributed by atoms with Crippen LogP contribution >= 0.6 is 0 Å². The van der Waals surface area contributed by atoms with Crippen LogP contribution in [0.5, 0.6) is 0 Å². The van der Waals surface area contributed by atoms with Gasteiger partial charge < -0.3 is 15.5 Å². The van der Waals surface area contributed by atoms with Crippen molar-refractivity contribution in [1.29, 1.82) is 0 Å². The molecular formula is C23H30N4O3. The Labute approximate surface area is 177 Å². The first kappa shape index (κ1) is 21.6. The highest BCUT2D eigenvalue weighted by Gasteiger charge is 2.45. The number of carbonyl (C=O) groups is 3. The minimum absolute atomic E-state index is 0.196. The summed E-state index contributed by atoms with van der Waals surface area (Å²) < 4.78 is 0. The van der Waals surface area contributed by atoms with E-state index in [4.69, 9.17) is 0 Å². The quantitative estimate of drug-likeness (QED) is 0.678. The summed E-state index contributed by atoms with van der Waals surface area (Å²) in [5.41, 5.74) is 3.09. The van der Waals surface area contributed by atoms with Crippen molar-refractivity contribution >= 4 is 17.8 Å². The molecule has 1 aromatic carbocycles. The lowest BCUT2D eigenvalue weighted by Crippen LogP contribution is -2.47. The van der Waals surface area contributed by atoms with E-state index in [0.717, 1.165) is 11.1 Å². The monoisotopic (exact) mass is 410 g/mol. The predicted molar refractivity (Wildman–Crippen MR) is 115 cm³/mol. The summed E-state index contributed by atoms with van der Waals surface area (Å²) in [5, 5.41) is 5.84. The molecular weight excluding hydrogens is 380 g/mol. The van der Waals surface area contributed by atoms with Gasteiger partial charge in [-0.2, -0.15) is 0 Å². The van der Waals surface area contributed by atoms with Crippen LogP contribution in [0.3, 0.4) is 0 Å². The van der Waals surface area contributed by atoms with Gasteiger partial charge in [-0.25, -0.2) is 4.79 Å². The molecule has 0 spiro atoms. The van der Waals surface area contributed by atoms with E-state index in [1.54, 1.807) is 13.0 Å². The molecule has 0 saturated heterocycles. The van der Waals surface area contributed by atoms with Gasteiger partial charge in [-0.3, -0.25) is 14.5 Å². The number of aryl methyl sites for hydroxylation is 1. The molecule has 7 heteroatoms. The van der Waals surface area contributed by atoms with Crippen LogP contribution in [0.1, 0.15) is 37.9 Å². The third kappa shape index (κ3) is 4.10. The zero-order chi connectivity index (χ0) is 22.0. The highest BCUT2D eigenvalue weighted by Crippen LogP contribution is 2.37. The SMILES string of the molecule is C=CCN1C(=O)N[C@@H](c2ccc(C)cc2)C2=C1CN([C@@H](C)C(=O)NCC(C)C)C2=O. The maximum absolute atomic E-state index is 13.4. The maximum Gasteiger partial charge on any atom is 0.322 e. The Balaban J connectivity index is 1.93. The molecule has 160 valence electrons. The first-order valence-corrected chi connectivity index (χ1v) is 10.3. The zero-order valence-corrected chi connectivity index (χ0v) is 18.1. The first-order chi connectivity index (χ1) is 14.2. The molecule has 1 aromatic rings. The van der Waals surface area contributed by atoms with Gasteiger partial charge in [0.1, 0.15) is 6.04 Å². The number of nitrogens with zero attached hydrogens (tertiary/aromatic N) is 2. The summed E-state index contributed by atoms with van der Waals surface area (Å²) in [5.74, 6) is -0.104. The average Bonchev–Trinajstić information content (AvgIpc) is 3.05. The Kier molecular flexibility index (Phi) is 6.29. The molecule has 0 aromatic heterocycles. The molecule has 4 amide bonds. The van der Waals surface area contributed by atoms with Crippen molar-refractivity contribution in [2.45, 2.75) is 39.8 Å². The fraction of sp³-hybridized carbons (Fsp3) is 0.435. The van der Waals surface area contributed by atoms with Crippen molar-refractivity contribution in [3.05, 3.63) is 59.3 Å².